The summed E-state index contributed by atoms with van der Waals surface area (Å²) in [6.45, 7) is 2.95. The van der Waals surface area contributed by atoms with Gasteiger partial charge in [0, 0.05) is 38.4 Å². The highest BCUT2D eigenvalue weighted by Gasteiger charge is 2.32. The number of nitrogens with one attached hydrogen (secondary N) is 1. The Balaban J connectivity index is 1.15. The van der Waals surface area contributed by atoms with E-state index in [0.717, 1.165) is 13.1 Å². The molecule has 2 aromatic carbocycles. The van der Waals surface area contributed by atoms with Gasteiger partial charge in [0.1, 0.15) is 5.39 Å². The molecule has 1 amide bonds. The number of piperazine rings is 1. The highest BCUT2D eigenvalue weighted by molar-refractivity contribution is 7.99. The first-order valence-corrected chi connectivity index (χ1v) is 12.9. The first kappa shape index (κ1) is 22.1. The summed E-state index contributed by atoms with van der Waals surface area (Å²) in [5.41, 5.74) is 2.90. The molecule has 2 aliphatic heterocycles. The third-order valence-corrected chi connectivity index (χ3v) is 8.02. The van der Waals surface area contributed by atoms with E-state index in [2.05, 4.69) is 68.6 Å². The second-order valence-corrected chi connectivity index (χ2v) is 10.00. The lowest BCUT2D eigenvalue weighted by atomic mass is 9.96. The van der Waals surface area contributed by atoms with Crippen LogP contribution in [0.3, 0.4) is 0 Å². The summed E-state index contributed by atoms with van der Waals surface area (Å²) >= 11 is 1.52. The van der Waals surface area contributed by atoms with Crippen LogP contribution < -0.4 is 5.56 Å². The number of nitrogens with zero attached hydrogens (tertiary/aromatic N) is 5. The molecule has 9 heteroatoms. The Kier molecular flexibility index (Phi) is 5.87. The van der Waals surface area contributed by atoms with Gasteiger partial charge in [-0.2, -0.15) is 5.10 Å². The standard InChI is InChI=1S/C26H26N6O2S/c33-22(15-20-17-35-26-28-24-21(16-27-29-24)25(34)32(20)26)30-11-13-31(14-12-30)23(18-7-3-1-4-8-18)19-9-5-2-6-10-19/h1-10,16,20,23H,11-15,17H2,(H,27,29). The molecule has 35 heavy (non-hydrogen) atoms. The average molecular weight is 487 g/mol. The van der Waals surface area contributed by atoms with Crippen LogP contribution >= 0.6 is 11.8 Å². The summed E-state index contributed by atoms with van der Waals surface area (Å²) < 4.78 is 1.68. The van der Waals surface area contributed by atoms with Crippen molar-refractivity contribution >= 4 is 28.7 Å². The van der Waals surface area contributed by atoms with Crippen molar-refractivity contribution in [3.8, 4) is 0 Å². The maximum absolute atomic E-state index is 13.2. The van der Waals surface area contributed by atoms with Crippen molar-refractivity contribution in [2.45, 2.75) is 23.7 Å². The van der Waals surface area contributed by atoms with E-state index in [1.807, 2.05) is 17.0 Å². The number of fused-ring (bicyclic) bond motifs is 2. The van der Waals surface area contributed by atoms with Gasteiger partial charge in [0.05, 0.1) is 18.3 Å². The van der Waals surface area contributed by atoms with Crippen LogP contribution in [-0.4, -0.2) is 67.4 Å². The van der Waals surface area contributed by atoms with Crippen molar-refractivity contribution in [3.63, 3.8) is 0 Å². The Morgan fingerprint density at radius 3 is 2.31 bits per heavy atom. The Hall–Kier alpha value is -3.43. The van der Waals surface area contributed by atoms with E-state index in [1.165, 1.54) is 29.1 Å². The molecule has 1 saturated heterocycles. The van der Waals surface area contributed by atoms with E-state index >= 15 is 0 Å². The quantitative estimate of drug-likeness (QED) is 0.436. The van der Waals surface area contributed by atoms with Crippen LogP contribution in [0, 0.1) is 0 Å². The third kappa shape index (κ3) is 4.15. The lowest BCUT2D eigenvalue weighted by Gasteiger charge is -2.40. The minimum atomic E-state index is -0.179. The SMILES string of the molecule is O=C(CC1CSc2nc3[nH]ncc3c(=O)n21)N1CCN(C(c2ccccc2)c2ccccc2)CC1. The molecule has 4 aromatic rings. The number of benzene rings is 2. The molecule has 1 N–H and O–H groups in total. The van der Waals surface area contributed by atoms with Crippen molar-refractivity contribution in [1.29, 1.82) is 0 Å². The minimum Gasteiger partial charge on any atom is -0.340 e. The van der Waals surface area contributed by atoms with Gasteiger partial charge in [0.15, 0.2) is 10.8 Å². The fourth-order valence-electron chi connectivity index (χ4n) is 5.15. The zero-order valence-electron chi connectivity index (χ0n) is 19.2. The number of hydrogen-bond donors (Lipinski definition) is 1. The summed E-state index contributed by atoms with van der Waals surface area (Å²) in [5.74, 6) is 0.774. The van der Waals surface area contributed by atoms with Crippen molar-refractivity contribution in [2.24, 2.45) is 0 Å². The Labute approximate surface area is 207 Å². The fourth-order valence-corrected chi connectivity index (χ4v) is 6.29. The predicted molar refractivity (Wildman–Crippen MR) is 135 cm³/mol. The number of amides is 1. The molecule has 6 rings (SSSR count). The van der Waals surface area contributed by atoms with Crippen LogP contribution in [0.1, 0.15) is 29.6 Å². The summed E-state index contributed by atoms with van der Waals surface area (Å²) in [4.78, 5) is 35.1. The van der Waals surface area contributed by atoms with Gasteiger partial charge in [-0.05, 0) is 11.1 Å². The largest absolute Gasteiger partial charge is 0.340 e. The number of carbonyl (C=O) groups excluding carboxylic acids is 1. The third-order valence-electron chi connectivity index (χ3n) is 6.92. The molecule has 1 atom stereocenters. The van der Waals surface area contributed by atoms with E-state index < -0.39 is 0 Å². The number of aromatic nitrogens is 4. The number of aromatic amines is 1. The summed E-state index contributed by atoms with van der Waals surface area (Å²) in [7, 11) is 0. The van der Waals surface area contributed by atoms with Crippen LogP contribution in [0.15, 0.2) is 76.8 Å². The van der Waals surface area contributed by atoms with Gasteiger partial charge in [-0.1, -0.05) is 72.4 Å². The van der Waals surface area contributed by atoms with Crippen LogP contribution in [0.5, 0.6) is 0 Å². The van der Waals surface area contributed by atoms with Crippen LogP contribution in [-0.2, 0) is 4.79 Å². The predicted octanol–water partition coefficient (Wildman–Crippen LogP) is 3.09. The zero-order valence-corrected chi connectivity index (χ0v) is 20.0. The van der Waals surface area contributed by atoms with Crippen molar-refractivity contribution < 1.29 is 4.79 Å². The zero-order chi connectivity index (χ0) is 23.8. The van der Waals surface area contributed by atoms with Crippen LogP contribution in [0.4, 0.5) is 0 Å². The maximum Gasteiger partial charge on any atom is 0.265 e. The van der Waals surface area contributed by atoms with Crippen molar-refractivity contribution in [1.82, 2.24) is 29.5 Å². The summed E-state index contributed by atoms with van der Waals surface area (Å²) in [6, 6.07) is 21.1. The molecule has 4 heterocycles. The molecule has 0 spiro atoms. The molecule has 0 bridgehead atoms. The fraction of sp³-hybridized carbons (Fsp3) is 0.308. The second kappa shape index (κ2) is 9.31. The van der Waals surface area contributed by atoms with E-state index in [9.17, 15) is 9.59 Å². The Morgan fingerprint density at radius 1 is 1.00 bits per heavy atom. The smallest absolute Gasteiger partial charge is 0.265 e. The lowest BCUT2D eigenvalue weighted by Crippen LogP contribution is -2.50. The molecular weight excluding hydrogens is 460 g/mol. The summed E-state index contributed by atoms with van der Waals surface area (Å²) in [5, 5.41) is 7.83. The summed E-state index contributed by atoms with van der Waals surface area (Å²) in [6.07, 6.45) is 1.82. The lowest BCUT2D eigenvalue weighted by molar-refractivity contribution is -0.133. The first-order valence-electron chi connectivity index (χ1n) is 11.9. The molecule has 8 nitrogen and oxygen atoms in total. The topological polar surface area (TPSA) is 87.1 Å². The number of carbonyl (C=O) groups is 1. The molecular formula is C26H26N6O2S. The monoisotopic (exact) mass is 486 g/mol. The molecule has 1 fully saturated rings. The van der Waals surface area contributed by atoms with Gasteiger partial charge in [-0.25, -0.2) is 4.98 Å². The number of thioether (sulfide) groups is 1. The van der Waals surface area contributed by atoms with Gasteiger partial charge < -0.3 is 4.90 Å². The number of hydrogen-bond acceptors (Lipinski definition) is 6. The molecule has 2 aromatic heterocycles. The van der Waals surface area contributed by atoms with E-state index in [0.29, 0.717) is 41.5 Å². The van der Waals surface area contributed by atoms with Gasteiger partial charge in [-0.3, -0.25) is 24.2 Å². The highest BCUT2D eigenvalue weighted by atomic mass is 32.2. The van der Waals surface area contributed by atoms with Crippen LogP contribution in [0.2, 0.25) is 0 Å². The molecule has 2 aliphatic rings. The minimum absolute atomic E-state index is 0.0956. The Morgan fingerprint density at radius 2 is 1.66 bits per heavy atom. The first-order chi connectivity index (χ1) is 17.2. The van der Waals surface area contributed by atoms with Crippen LogP contribution in [0.25, 0.3) is 11.0 Å². The second-order valence-electron chi connectivity index (χ2n) is 9.01. The molecule has 178 valence electrons. The van der Waals surface area contributed by atoms with Crippen molar-refractivity contribution in [3.05, 3.63) is 88.3 Å². The highest BCUT2D eigenvalue weighted by Crippen LogP contribution is 2.34. The molecule has 0 aliphatic carbocycles. The normalized spacial score (nSPS) is 18.3. The molecule has 0 radical (unpaired) electrons. The van der Waals surface area contributed by atoms with E-state index in [-0.39, 0.29) is 23.6 Å². The van der Waals surface area contributed by atoms with E-state index in [4.69, 9.17) is 0 Å². The molecule has 1 unspecified atom stereocenters. The van der Waals surface area contributed by atoms with Gasteiger partial charge in [0.25, 0.3) is 5.56 Å². The number of H-pyrrole nitrogens is 1. The van der Waals surface area contributed by atoms with Gasteiger partial charge in [-0.15, -0.1) is 0 Å². The number of rotatable bonds is 5. The maximum atomic E-state index is 13.2. The Bertz CT molecular complexity index is 1360. The molecule has 0 saturated carbocycles. The van der Waals surface area contributed by atoms with Gasteiger partial charge >= 0.3 is 0 Å². The van der Waals surface area contributed by atoms with Crippen molar-refractivity contribution in [2.75, 3.05) is 31.9 Å². The van der Waals surface area contributed by atoms with Gasteiger partial charge in [0.2, 0.25) is 5.91 Å². The van der Waals surface area contributed by atoms with E-state index in [1.54, 1.807) is 4.57 Å². The average Bonchev–Trinajstić information content (AvgIpc) is 3.54.